The van der Waals surface area contributed by atoms with Crippen molar-refractivity contribution in [2.45, 2.75) is 25.9 Å². The summed E-state index contributed by atoms with van der Waals surface area (Å²) in [5, 5.41) is 5.72. The van der Waals surface area contributed by atoms with Gasteiger partial charge < -0.3 is 21.1 Å². The molecule has 21 heavy (non-hydrogen) atoms. The minimum atomic E-state index is -0.792. The smallest absolute Gasteiger partial charge is 0.243 e. The van der Waals surface area contributed by atoms with E-state index in [0.29, 0.717) is 11.4 Å². The number of amides is 1. The molecule has 1 amide bonds. The Balaban J connectivity index is 0. The molecule has 1 rings (SSSR count). The topological polar surface area (TPSA) is 76.4 Å². The molecule has 0 saturated heterocycles. The van der Waals surface area contributed by atoms with Crippen molar-refractivity contribution in [3.63, 3.8) is 0 Å². The highest BCUT2D eigenvalue weighted by Crippen LogP contribution is 2.23. The van der Waals surface area contributed by atoms with Crippen molar-refractivity contribution in [1.82, 2.24) is 0 Å². The first-order valence-corrected chi connectivity index (χ1v) is 6.05. The highest BCUT2D eigenvalue weighted by atomic mass is 35.5. The van der Waals surface area contributed by atoms with Crippen LogP contribution in [0.5, 0.6) is 0 Å². The maximum Gasteiger partial charge on any atom is 0.243 e. The number of anilines is 2. The average Bonchev–Trinajstić information content (AvgIpc) is 2.32. The van der Waals surface area contributed by atoms with E-state index in [-0.39, 0.29) is 37.5 Å². The van der Waals surface area contributed by atoms with E-state index < -0.39 is 17.8 Å². The van der Waals surface area contributed by atoms with Gasteiger partial charge in [0.05, 0.1) is 18.0 Å². The molecule has 1 unspecified atom stereocenters. The molecule has 0 radical (unpaired) electrons. The third kappa shape index (κ3) is 7.47. The Bertz CT molecular complexity index is 447. The number of carbonyl (C=O) groups excluding carboxylic acids is 1. The van der Waals surface area contributed by atoms with E-state index in [1.165, 1.54) is 19.2 Å². The Labute approximate surface area is 136 Å². The predicted molar refractivity (Wildman–Crippen MR) is 88.1 cm³/mol. The summed E-state index contributed by atoms with van der Waals surface area (Å²) in [5.41, 5.74) is 6.63. The van der Waals surface area contributed by atoms with E-state index in [2.05, 4.69) is 10.6 Å². The Morgan fingerprint density at radius 3 is 2.48 bits per heavy atom. The van der Waals surface area contributed by atoms with Crippen molar-refractivity contribution in [1.29, 1.82) is 0 Å². The van der Waals surface area contributed by atoms with Gasteiger partial charge >= 0.3 is 0 Å². The van der Waals surface area contributed by atoms with Gasteiger partial charge in [0.25, 0.3) is 0 Å². The van der Waals surface area contributed by atoms with E-state index in [9.17, 15) is 9.18 Å². The average molecular weight is 342 g/mol. The largest absolute Gasteiger partial charge is 0.383 e. The van der Waals surface area contributed by atoms with Gasteiger partial charge in [0.15, 0.2) is 0 Å². The number of ether oxygens (including phenoxy) is 1. The van der Waals surface area contributed by atoms with Crippen LogP contribution in [0.4, 0.5) is 15.8 Å². The minimum absolute atomic E-state index is 0. The number of hydrogen-bond donors (Lipinski definition) is 3. The summed E-state index contributed by atoms with van der Waals surface area (Å²) in [4.78, 5) is 11.8. The molecule has 0 heterocycles. The molecule has 1 aromatic carbocycles. The normalized spacial score (nSPS) is 11.1. The van der Waals surface area contributed by atoms with E-state index in [1.807, 2.05) is 13.8 Å². The van der Waals surface area contributed by atoms with E-state index in [4.69, 9.17) is 10.5 Å². The van der Waals surface area contributed by atoms with Gasteiger partial charge in [0.1, 0.15) is 11.9 Å². The molecule has 5 nitrogen and oxygen atoms in total. The van der Waals surface area contributed by atoms with Crippen molar-refractivity contribution in [2.24, 2.45) is 5.73 Å². The monoisotopic (exact) mass is 341 g/mol. The Hall–Kier alpha value is -1.08. The summed E-state index contributed by atoms with van der Waals surface area (Å²) in [5.74, 6) is -0.843. The van der Waals surface area contributed by atoms with Crippen LogP contribution in [0.1, 0.15) is 13.8 Å². The number of carbonyl (C=O) groups is 1. The lowest BCUT2D eigenvalue weighted by Gasteiger charge is -2.17. The number of rotatable bonds is 6. The van der Waals surface area contributed by atoms with E-state index >= 15 is 0 Å². The summed E-state index contributed by atoms with van der Waals surface area (Å²) in [6, 6.07) is 3.53. The van der Waals surface area contributed by atoms with Crippen LogP contribution in [0.2, 0.25) is 0 Å². The quantitative estimate of drug-likeness (QED) is 0.742. The molecule has 0 spiro atoms. The summed E-state index contributed by atoms with van der Waals surface area (Å²) in [6.07, 6.45) is 0. The fraction of sp³-hybridized carbons (Fsp3) is 0.462. The van der Waals surface area contributed by atoms with Crippen LogP contribution in [-0.2, 0) is 9.53 Å². The number of benzene rings is 1. The first-order valence-electron chi connectivity index (χ1n) is 6.05. The Kier molecular flexibility index (Phi) is 11.2. The second kappa shape index (κ2) is 10.6. The molecule has 0 saturated carbocycles. The minimum Gasteiger partial charge on any atom is -0.383 e. The van der Waals surface area contributed by atoms with Crippen molar-refractivity contribution in [3.05, 3.63) is 24.0 Å². The van der Waals surface area contributed by atoms with Crippen LogP contribution in [0.15, 0.2) is 18.2 Å². The fourth-order valence-electron chi connectivity index (χ4n) is 1.54. The van der Waals surface area contributed by atoms with Gasteiger partial charge in [-0.15, -0.1) is 24.8 Å². The third-order valence-electron chi connectivity index (χ3n) is 2.37. The van der Waals surface area contributed by atoms with E-state index in [0.717, 1.165) is 0 Å². The second-order valence-corrected chi connectivity index (χ2v) is 4.54. The van der Waals surface area contributed by atoms with Gasteiger partial charge in [-0.05, 0) is 32.0 Å². The lowest BCUT2D eigenvalue weighted by Crippen LogP contribution is -2.39. The SMILES string of the molecule is COCC(N)C(=O)Nc1cc(F)ccc1NC(C)C.Cl.Cl. The summed E-state index contributed by atoms with van der Waals surface area (Å²) < 4.78 is 18.1. The molecule has 4 N–H and O–H groups in total. The molecule has 0 aromatic heterocycles. The summed E-state index contributed by atoms with van der Waals surface area (Å²) >= 11 is 0. The van der Waals surface area contributed by atoms with Crippen molar-refractivity contribution in [3.8, 4) is 0 Å². The van der Waals surface area contributed by atoms with Gasteiger partial charge in [-0.3, -0.25) is 4.79 Å². The third-order valence-corrected chi connectivity index (χ3v) is 2.37. The fourth-order valence-corrected chi connectivity index (χ4v) is 1.54. The molecule has 0 aliphatic heterocycles. The molecule has 0 aliphatic carbocycles. The Morgan fingerprint density at radius 2 is 1.95 bits per heavy atom. The molecule has 122 valence electrons. The van der Waals surface area contributed by atoms with Crippen LogP contribution >= 0.6 is 24.8 Å². The van der Waals surface area contributed by atoms with Crippen LogP contribution in [-0.4, -0.2) is 31.7 Å². The molecule has 0 bridgehead atoms. The molecule has 1 aromatic rings. The lowest BCUT2D eigenvalue weighted by atomic mass is 10.2. The molecular formula is C13H22Cl2FN3O2. The van der Waals surface area contributed by atoms with Crippen molar-refractivity contribution < 1.29 is 13.9 Å². The van der Waals surface area contributed by atoms with Crippen LogP contribution < -0.4 is 16.4 Å². The standard InChI is InChI=1S/C13H20FN3O2.2ClH/c1-8(2)16-11-5-4-9(14)6-12(11)17-13(18)10(15)7-19-3;;/h4-6,8,10,16H,7,15H2,1-3H3,(H,17,18);2*1H. The highest BCUT2D eigenvalue weighted by Gasteiger charge is 2.15. The number of hydrogen-bond acceptors (Lipinski definition) is 4. The number of nitrogens with two attached hydrogens (primary N) is 1. The summed E-state index contributed by atoms with van der Waals surface area (Å²) in [6.45, 7) is 4.01. The lowest BCUT2D eigenvalue weighted by molar-refractivity contribution is -0.118. The van der Waals surface area contributed by atoms with Gasteiger partial charge in [-0.25, -0.2) is 4.39 Å². The van der Waals surface area contributed by atoms with Crippen molar-refractivity contribution in [2.75, 3.05) is 24.4 Å². The summed E-state index contributed by atoms with van der Waals surface area (Å²) in [7, 11) is 1.46. The predicted octanol–water partition coefficient (Wildman–Crippen LogP) is 2.40. The Morgan fingerprint density at radius 1 is 1.33 bits per heavy atom. The highest BCUT2D eigenvalue weighted by molar-refractivity contribution is 5.97. The molecule has 8 heteroatoms. The van der Waals surface area contributed by atoms with Crippen LogP contribution in [0.3, 0.4) is 0 Å². The molecular weight excluding hydrogens is 320 g/mol. The molecule has 0 aliphatic rings. The molecule has 0 fully saturated rings. The number of methoxy groups -OCH3 is 1. The van der Waals surface area contributed by atoms with E-state index in [1.54, 1.807) is 6.07 Å². The second-order valence-electron chi connectivity index (χ2n) is 4.54. The van der Waals surface area contributed by atoms with Gasteiger partial charge in [0.2, 0.25) is 5.91 Å². The zero-order valence-electron chi connectivity index (χ0n) is 12.2. The van der Waals surface area contributed by atoms with Gasteiger partial charge in [-0.2, -0.15) is 0 Å². The molecule has 1 atom stereocenters. The van der Waals surface area contributed by atoms with Crippen LogP contribution in [0.25, 0.3) is 0 Å². The number of halogens is 3. The van der Waals surface area contributed by atoms with Gasteiger partial charge in [-0.1, -0.05) is 0 Å². The zero-order chi connectivity index (χ0) is 14.4. The first kappa shape index (κ1) is 22.2. The number of nitrogens with one attached hydrogen (secondary N) is 2. The zero-order valence-corrected chi connectivity index (χ0v) is 13.8. The van der Waals surface area contributed by atoms with Gasteiger partial charge in [0, 0.05) is 13.2 Å². The van der Waals surface area contributed by atoms with Crippen molar-refractivity contribution >= 4 is 42.1 Å². The van der Waals surface area contributed by atoms with Crippen LogP contribution in [0, 0.1) is 5.82 Å². The maximum absolute atomic E-state index is 13.2. The maximum atomic E-state index is 13.2. The first-order chi connectivity index (χ1) is 8.93.